The quantitative estimate of drug-likeness (QED) is 0.844. The van der Waals surface area contributed by atoms with E-state index in [0.29, 0.717) is 5.54 Å². The third kappa shape index (κ3) is 1.92. The van der Waals surface area contributed by atoms with E-state index in [0.717, 1.165) is 18.8 Å². The van der Waals surface area contributed by atoms with Gasteiger partial charge in [-0.15, -0.1) is 0 Å². The van der Waals surface area contributed by atoms with Gasteiger partial charge in [0, 0.05) is 25.7 Å². The van der Waals surface area contributed by atoms with Crippen LogP contribution < -0.4 is 10.2 Å². The Bertz CT molecular complexity index is 457. The van der Waals surface area contributed by atoms with Crippen LogP contribution in [-0.4, -0.2) is 28.9 Å². The van der Waals surface area contributed by atoms with Gasteiger partial charge in [-0.2, -0.15) is 5.10 Å². The molecule has 1 aliphatic heterocycles. The second-order valence-corrected chi connectivity index (χ2v) is 6.12. The molecule has 0 amide bonds. The van der Waals surface area contributed by atoms with E-state index in [1.54, 1.807) is 0 Å². The van der Waals surface area contributed by atoms with E-state index in [-0.39, 0.29) is 0 Å². The van der Waals surface area contributed by atoms with Crippen molar-refractivity contribution >= 4 is 11.5 Å². The summed E-state index contributed by atoms with van der Waals surface area (Å²) in [7, 11) is 2.28. The smallest absolute Gasteiger partial charge is 0.151 e. The molecule has 0 aromatic carbocycles. The first-order valence-electron chi connectivity index (χ1n) is 7.73. The van der Waals surface area contributed by atoms with Crippen molar-refractivity contribution in [2.45, 2.75) is 64.5 Å². The third-order valence-corrected chi connectivity index (χ3v) is 5.11. The van der Waals surface area contributed by atoms with E-state index in [9.17, 15) is 0 Å². The van der Waals surface area contributed by atoms with Crippen LogP contribution in [0.5, 0.6) is 0 Å². The highest BCUT2D eigenvalue weighted by Crippen LogP contribution is 2.43. The topological polar surface area (TPSA) is 33.1 Å². The van der Waals surface area contributed by atoms with E-state index < -0.39 is 0 Å². The number of fused-ring (bicyclic) bond motifs is 1. The van der Waals surface area contributed by atoms with Gasteiger partial charge in [-0.1, -0.05) is 19.3 Å². The summed E-state index contributed by atoms with van der Waals surface area (Å²) in [6, 6.07) is 0. The predicted octanol–water partition coefficient (Wildman–Crippen LogP) is 3.17. The molecule has 0 unspecified atom stereocenters. The van der Waals surface area contributed by atoms with E-state index in [1.807, 2.05) is 0 Å². The lowest BCUT2D eigenvalue weighted by atomic mass is 9.78. The summed E-state index contributed by atoms with van der Waals surface area (Å²) in [6.45, 7) is 6.32. The van der Waals surface area contributed by atoms with Crippen molar-refractivity contribution in [1.29, 1.82) is 0 Å². The van der Waals surface area contributed by atoms with E-state index in [1.165, 1.54) is 50.0 Å². The lowest BCUT2D eigenvalue weighted by Gasteiger charge is -2.45. The molecule has 0 radical (unpaired) electrons. The van der Waals surface area contributed by atoms with Gasteiger partial charge in [-0.3, -0.25) is 0 Å². The van der Waals surface area contributed by atoms with Crippen LogP contribution in [-0.2, 0) is 6.54 Å². The molecule has 3 rings (SSSR count). The van der Waals surface area contributed by atoms with E-state index in [4.69, 9.17) is 5.10 Å². The van der Waals surface area contributed by atoms with Crippen LogP contribution in [0.3, 0.4) is 0 Å². The Morgan fingerprint density at radius 1 is 1.21 bits per heavy atom. The second-order valence-electron chi connectivity index (χ2n) is 6.12. The standard InChI is InChI=1S/C15H26N4/c1-4-19-14-13(12(2)17-19)16-11-10-15(18(14)3)8-6-5-7-9-15/h16H,4-11H2,1-3H3. The monoisotopic (exact) mass is 262 g/mol. The molecule has 0 bridgehead atoms. The summed E-state index contributed by atoms with van der Waals surface area (Å²) in [4.78, 5) is 2.55. The first kappa shape index (κ1) is 12.8. The number of nitrogens with one attached hydrogen (secondary N) is 1. The third-order valence-electron chi connectivity index (χ3n) is 5.11. The summed E-state index contributed by atoms with van der Waals surface area (Å²) in [5.74, 6) is 1.31. The van der Waals surface area contributed by atoms with Crippen LogP contribution in [0.15, 0.2) is 0 Å². The number of anilines is 2. The van der Waals surface area contributed by atoms with Crippen molar-refractivity contribution in [3.63, 3.8) is 0 Å². The average molecular weight is 262 g/mol. The summed E-state index contributed by atoms with van der Waals surface area (Å²) in [6.07, 6.45) is 8.07. The van der Waals surface area contributed by atoms with Gasteiger partial charge in [0.2, 0.25) is 0 Å². The van der Waals surface area contributed by atoms with Crippen molar-refractivity contribution in [3.8, 4) is 0 Å². The van der Waals surface area contributed by atoms with Gasteiger partial charge in [0.1, 0.15) is 5.69 Å². The molecule has 106 valence electrons. The second kappa shape index (κ2) is 4.73. The largest absolute Gasteiger partial charge is 0.380 e. The van der Waals surface area contributed by atoms with Gasteiger partial charge >= 0.3 is 0 Å². The first-order chi connectivity index (χ1) is 9.18. The van der Waals surface area contributed by atoms with Crippen molar-refractivity contribution in [3.05, 3.63) is 5.69 Å². The van der Waals surface area contributed by atoms with Gasteiger partial charge in [-0.05, 0) is 33.1 Å². The van der Waals surface area contributed by atoms with Crippen LogP contribution in [0.2, 0.25) is 0 Å². The highest BCUT2D eigenvalue weighted by Gasteiger charge is 2.40. The van der Waals surface area contributed by atoms with Gasteiger partial charge < -0.3 is 10.2 Å². The molecular formula is C15H26N4. The maximum Gasteiger partial charge on any atom is 0.151 e. The van der Waals surface area contributed by atoms with Crippen LogP contribution in [0.25, 0.3) is 0 Å². The fourth-order valence-electron chi connectivity index (χ4n) is 3.95. The Labute approximate surface area is 116 Å². The minimum Gasteiger partial charge on any atom is -0.380 e. The lowest BCUT2D eigenvalue weighted by molar-refractivity contribution is 0.271. The normalized spacial score (nSPS) is 21.9. The Morgan fingerprint density at radius 3 is 2.63 bits per heavy atom. The Hall–Kier alpha value is -1.19. The first-order valence-corrected chi connectivity index (χ1v) is 7.73. The average Bonchev–Trinajstić information content (AvgIpc) is 2.68. The summed E-state index contributed by atoms with van der Waals surface area (Å²) in [5, 5.41) is 8.32. The fourth-order valence-corrected chi connectivity index (χ4v) is 3.95. The molecule has 0 atom stereocenters. The highest BCUT2D eigenvalue weighted by atomic mass is 15.4. The molecule has 1 fully saturated rings. The summed E-state index contributed by atoms with van der Waals surface area (Å²) >= 11 is 0. The summed E-state index contributed by atoms with van der Waals surface area (Å²) < 4.78 is 2.17. The summed E-state index contributed by atoms with van der Waals surface area (Å²) in [5.41, 5.74) is 2.75. The van der Waals surface area contributed by atoms with Gasteiger partial charge in [0.05, 0.1) is 5.69 Å². The number of hydrogen-bond donors (Lipinski definition) is 1. The van der Waals surface area contributed by atoms with Crippen molar-refractivity contribution in [2.24, 2.45) is 0 Å². The molecule has 2 heterocycles. The van der Waals surface area contributed by atoms with Crippen LogP contribution >= 0.6 is 0 Å². The minimum atomic E-state index is 0.357. The molecule has 4 heteroatoms. The molecular weight excluding hydrogens is 236 g/mol. The maximum atomic E-state index is 4.69. The zero-order valence-corrected chi connectivity index (χ0v) is 12.5. The molecule has 1 saturated carbocycles. The Kier molecular flexibility index (Phi) is 3.19. The van der Waals surface area contributed by atoms with Gasteiger partial charge in [-0.25, -0.2) is 4.68 Å². The molecule has 1 aromatic rings. The number of rotatable bonds is 1. The van der Waals surface area contributed by atoms with Crippen LogP contribution in [0.1, 0.15) is 51.1 Å². The predicted molar refractivity (Wildman–Crippen MR) is 80.0 cm³/mol. The molecule has 1 spiro atoms. The number of nitrogens with zero attached hydrogens (tertiary/aromatic N) is 3. The van der Waals surface area contributed by atoms with Crippen molar-refractivity contribution in [2.75, 3.05) is 23.8 Å². The van der Waals surface area contributed by atoms with Crippen molar-refractivity contribution < 1.29 is 0 Å². The van der Waals surface area contributed by atoms with Crippen LogP contribution in [0, 0.1) is 6.92 Å². The molecule has 1 aromatic heterocycles. The van der Waals surface area contributed by atoms with Crippen molar-refractivity contribution in [1.82, 2.24) is 9.78 Å². The van der Waals surface area contributed by atoms with Gasteiger partial charge in [0.25, 0.3) is 0 Å². The van der Waals surface area contributed by atoms with E-state index in [2.05, 4.69) is 35.8 Å². The number of aromatic nitrogens is 2. The fraction of sp³-hybridized carbons (Fsp3) is 0.800. The highest BCUT2D eigenvalue weighted by molar-refractivity contribution is 5.71. The molecule has 19 heavy (non-hydrogen) atoms. The Balaban J connectivity index is 2.05. The minimum absolute atomic E-state index is 0.357. The molecule has 1 N–H and O–H groups in total. The number of aryl methyl sites for hydroxylation is 2. The molecule has 1 aliphatic carbocycles. The lowest BCUT2D eigenvalue weighted by Crippen LogP contribution is -2.49. The number of hydrogen-bond acceptors (Lipinski definition) is 3. The molecule has 0 saturated heterocycles. The maximum absolute atomic E-state index is 4.69. The molecule has 4 nitrogen and oxygen atoms in total. The molecule has 2 aliphatic rings. The van der Waals surface area contributed by atoms with Gasteiger partial charge in [0.15, 0.2) is 5.82 Å². The Morgan fingerprint density at radius 2 is 1.95 bits per heavy atom. The zero-order chi connectivity index (χ0) is 13.5. The van der Waals surface area contributed by atoms with E-state index >= 15 is 0 Å². The zero-order valence-electron chi connectivity index (χ0n) is 12.5. The van der Waals surface area contributed by atoms with Crippen LogP contribution in [0.4, 0.5) is 11.5 Å². The SMILES string of the molecule is CCn1nc(C)c2c1N(C)C1(CCCCC1)CCN2.